The minimum atomic E-state index is 0.116. The lowest BCUT2D eigenvalue weighted by Gasteiger charge is -2.46. The van der Waals surface area contributed by atoms with Gasteiger partial charge in [0.1, 0.15) is 0 Å². The summed E-state index contributed by atoms with van der Waals surface area (Å²) in [6.07, 6.45) is 3.77. The molecule has 0 saturated carbocycles. The predicted molar refractivity (Wildman–Crippen MR) is 86.6 cm³/mol. The quantitative estimate of drug-likeness (QED) is 0.554. The highest BCUT2D eigenvalue weighted by atomic mass is 79.9. The fourth-order valence-corrected chi connectivity index (χ4v) is 5.58. The van der Waals surface area contributed by atoms with E-state index in [-0.39, 0.29) is 4.32 Å². The van der Waals surface area contributed by atoms with E-state index in [0.29, 0.717) is 16.7 Å². The number of fused-ring (bicyclic) bond motifs is 1. The number of alkyl halides is 2. The zero-order chi connectivity index (χ0) is 13.3. The van der Waals surface area contributed by atoms with Crippen LogP contribution in [0, 0.1) is 11.8 Å². The number of rotatable bonds is 3. The molecule has 4 unspecified atom stereocenters. The maximum Gasteiger partial charge on any atom is 0.0512 e. The van der Waals surface area contributed by atoms with Gasteiger partial charge in [0.15, 0.2) is 0 Å². The normalized spacial score (nSPS) is 35.3. The van der Waals surface area contributed by atoms with Crippen molar-refractivity contribution < 1.29 is 0 Å². The van der Waals surface area contributed by atoms with Gasteiger partial charge in [-0.1, -0.05) is 82.8 Å². The van der Waals surface area contributed by atoms with Crippen LogP contribution in [0.25, 0.3) is 0 Å². The Bertz CT molecular complexity index is 411. The summed E-state index contributed by atoms with van der Waals surface area (Å²) < 4.78 is 0.116. The molecule has 1 aliphatic carbocycles. The molecule has 1 aromatic rings. The van der Waals surface area contributed by atoms with Crippen LogP contribution in [0.4, 0.5) is 0 Å². The van der Waals surface area contributed by atoms with Gasteiger partial charge in [0.2, 0.25) is 0 Å². The third-order valence-electron chi connectivity index (χ3n) is 4.44. The van der Waals surface area contributed by atoms with Gasteiger partial charge in [0, 0.05) is 4.83 Å². The molecular formula is C16H22Br2. The Labute approximate surface area is 128 Å². The van der Waals surface area contributed by atoms with Crippen molar-refractivity contribution in [3.8, 4) is 0 Å². The third-order valence-corrected chi connectivity index (χ3v) is 6.63. The van der Waals surface area contributed by atoms with E-state index in [2.05, 4.69) is 76.9 Å². The molecule has 18 heavy (non-hydrogen) atoms. The first-order chi connectivity index (χ1) is 8.54. The Morgan fingerprint density at radius 1 is 1.22 bits per heavy atom. The summed E-state index contributed by atoms with van der Waals surface area (Å²) in [5.41, 5.74) is 2.94. The van der Waals surface area contributed by atoms with Crippen molar-refractivity contribution in [3.63, 3.8) is 0 Å². The van der Waals surface area contributed by atoms with Gasteiger partial charge < -0.3 is 0 Å². The maximum atomic E-state index is 4.05. The Hall–Kier alpha value is 0.180. The summed E-state index contributed by atoms with van der Waals surface area (Å²) in [4.78, 5) is 0.501. The molecule has 0 spiro atoms. The van der Waals surface area contributed by atoms with Crippen molar-refractivity contribution in [3.05, 3.63) is 35.4 Å². The molecule has 100 valence electrons. The van der Waals surface area contributed by atoms with Crippen LogP contribution in [0.2, 0.25) is 0 Å². The summed E-state index contributed by atoms with van der Waals surface area (Å²) >= 11 is 8.00. The summed E-state index contributed by atoms with van der Waals surface area (Å²) in [7, 11) is 0. The molecule has 0 bridgehead atoms. The lowest BCUT2D eigenvalue weighted by Crippen LogP contribution is -2.39. The highest BCUT2D eigenvalue weighted by Crippen LogP contribution is 2.57. The molecule has 2 rings (SSSR count). The minimum Gasteiger partial charge on any atom is -0.0836 e. The van der Waals surface area contributed by atoms with Gasteiger partial charge in [-0.25, -0.2) is 0 Å². The van der Waals surface area contributed by atoms with E-state index in [1.807, 2.05) is 0 Å². The van der Waals surface area contributed by atoms with Crippen molar-refractivity contribution in [2.45, 2.75) is 49.2 Å². The molecule has 1 aromatic carbocycles. The zero-order valence-electron chi connectivity index (χ0n) is 11.4. The second-order valence-corrected chi connectivity index (χ2v) is 8.17. The Morgan fingerprint density at radius 2 is 1.89 bits per heavy atom. The van der Waals surface area contributed by atoms with Crippen molar-refractivity contribution in [1.82, 2.24) is 0 Å². The smallest absolute Gasteiger partial charge is 0.0512 e. The van der Waals surface area contributed by atoms with Crippen LogP contribution in [0.3, 0.4) is 0 Å². The summed E-state index contributed by atoms with van der Waals surface area (Å²) in [6, 6.07) is 8.88. The van der Waals surface area contributed by atoms with Gasteiger partial charge in [0.05, 0.1) is 4.32 Å². The van der Waals surface area contributed by atoms with E-state index < -0.39 is 0 Å². The first kappa shape index (κ1) is 14.6. The number of hydrogen-bond donors (Lipinski definition) is 0. The number of hydrogen-bond acceptors (Lipinski definition) is 0. The molecule has 0 fully saturated rings. The molecular weight excluding hydrogens is 352 g/mol. The second kappa shape index (κ2) is 5.66. The van der Waals surface area contributed by atoms with Crippen molar-refractivity contribution in [1.29, 1.82) is 0 Å². The van der Waals surface area contributed by atoms with E-state index in [9.17, 15) is 0 Å². The Kier molecular flexibility index (Phi) is 4.59. The average Bonchev–Trinajstić information content (AvgIpc) is 2.37. The molecule has 0 aliphatic heterocycles. The Balaban J connectivity index is 2.52. The van der Waals surface area contributed by atoms with Gasteiger partial charge in [-0.3, -0.25) is 0 Å². The maximum absolute atomic E-state index is 4.05. The molecule has 1 aliphatic rings. The molecule has 2 heteroatoms. The van der Waals surface area contributed by atoms with E-state index in [4.69, 9.17) is 0 Å². The Morgan fingerprint density at radius 3 is 2.50 bits per heavy atom. The molecule has 0 aromatic heterocycles. The van der Waals surface area contributed by atoms with Crippen LogP contribution in [-0.4, -0.2) is 0 Å². The minimum absolute atomic E-state index is 0.116. The van der Waals surface area contributed by atoms with Crippen LogP contribution in [0.5, 0.6) is 0 Å². The van der Waals surface area contributed by atoms with E-state index in [1.54, 1.807) is 0 Å². The second-order valence-electron chi connectivity index (χ2n) is 5.53. The average molecular weight is 374 g/mol. The van der Waals surface area contributed by atoms with Gasteiger partial charge in [-0.2, -0.15) is 0 Å². The van der Waals surface area contributed by atoms with Crippen molar-refractivity contribution in [2.75, 3.05) is 0 Å². The van der Waals surface area contributed by atoms with Crippen LogP contribution < -0.4 is 0 Å². The number of benzene rings is 1. The highest BCUT2D eigenvalue weighted by molar-refractivity contribution is 9.09. The topological polar surface area (TPSA) is 0 Å². The molecule has 0 N–H and O–H groups in total. The largest absolute Gasteiger partial charge is 0.0836 e. The standard InChI is InChI=1S/C16H22Br2/c1-4-8-13-11(5-2)15(17)12-9-6-7-10-14(12)16(13,3)18/h6-7,9-11,13,15H,4-5,8H2,1-3H3. The van der Waals surface area contributed by atoms with Crippen LogP contribution >= 0.6 is 31.9 Å². The monoisotopic (exact) mass is 372 g/mol. The van der Waals surface area contributed by atoms with Gasteiger partial charge in [0.25, 0.3) is 0 Å². The number of halogens is 2. The summed E-state index contributed by atoms with van der Waals surface area (Å²) in [5, 5.41) is 0. The van der Waals surface area contributed by atoms with Crippen molar-refractivity contribution in [2.24, 2.45) is 11.8 Å². The fraction of sp³-hybridized carbons (Fsp3) is 0.625. The molecule has 0 radical (unpaired) electrons. The summed E-state index contributed by atoms with van der Waals surface area (Å²) in [5.74, 6) is 1.41. The van der Waals surface area contributed by atoms with E-state index in [1.165, 1.54) is 30.4 Å². The zero-order valence-corrected chi connectivity index (χ0v) is 14.6. The molecule has 0 heterocycles. The lowest BCUT2D eigenvalue weighted by atomic mass is 9.67. The van der Waals surface area contributed by atoms with E-state index in [0.717, 1.165) is 0 Å². The highest BCUT2D eigenvalue weighted by Gasteiger charge is 2.46. The van der Waals surface area contributed by atoms with Crippen LogP contribution in [0.15, 0.2) is 24.3 Å². The molecule has 0 amide bonds. The van der Waals surface area contributed by atoms with Gasteiger partial charge in [-0.05, 0) is 36.3 Å². The van der Waals surface area contributed by atoms with Crippen molar-refractivity contribution >= 4 is 31.9 Å². The summed E-state index contributed by atoms with van der Waals surface area (Å²) in [6.45, 7) is 6.96. The SMILES string of the molecule is CCCC1C(CC)C(Br)c2ccccc2C1(C)Br. The molecule has 0 saturated heterocycles. The van der Waals surface area contributed by atoms with Gasteiger partial charge in [-0.15, -0.1) is 0 Å². The first-order valence-corrected chi connectivity index (χ1v) is 8.67. The molecule has 4 atom stereocenters. The fourth-order valence-electron chi connectivity index (χ4n) is 3.51. The predicted octanol–water partition coefficient (Wildman–Crippen LogP) is 6.19. The van der Waals surface area contributed by atoms with E-state index >= 15 is 0 Å². The van der Waals surface area contributed by atoms with Crippen LogP contribution in [0.1, 0.15) is 56.0 Å². The van der Waals surface area contributed by atoms with Crippen LogP contribution in [-0.2, 0) is 4.32 Å². The van der Waals surface area contributed by atoms with Gasteiger partial charge >= 0.3 is 0 Å². The first-order valence-electron chi connectivity index (χ1n) is 6.96. The molecule has 0 nitrogen and oxygen atoms in total. The third kappa shape index (κ3) is 2.31. The lowest BCUT2D eigenvalue weighted by molar-refractivity contribution is 0.224.